The molecule has 2 N–H and O–H groups in total. The predicted octanol–water partition coefficient (Wildman–Crippen LogP) is -0.736. The van der Waals surface area contributed by atoms with E-state index in [0.717, 1.165) is 58.3 Å². The Labute approximate surface area is 173 Å². The van der Waals surface area contributed by atoms with Crippen LogP contribution in [0.25, 0.3) is 0 Å². The van der Waals surface area contributed by atoms with Crippen LogP contribution in [0.5, 0.6) is 0 Å². The summed E-state index contributed by atoms with van der Waals surface area (Å²) in [5, 5.41) is 6.85. The predicted molar refractivity (Wildman–Crippen MR) is 113 cm³/mol. The monoisotopic (exact) mass is 480 g/mol. The van der Waals surface area contributed by atoms with E-state index >= 15 is 0 Å². The van der Waals surface area contributed by atoms with Crippen LogP contribution >= 0.6 is 24.0 Å². The topological polar surface area (TPSA) is 72.4 Å². The minimum Gasteiger partial charge on any atom is -0.381 e. The van der Waals surface area contributed by atoms with Gasteiger partial charge in [-0.15, -0.1) is 24.0 Å². The number of likely N-dealkylation sites (N-methyl/N-ethyl adjacent to an activating group) is 1. The number of guanidine groups is 1. The summed E-state index contributed by atoms with van der Waals surface area (Å²) in [6.07, 6.45) is 1.09. The SMILES string of the molecule is CN(C)C(=O)CN=C(NCC1CCOC1)NCC1CN2CCN1CC2.I. The number of aliphatic imine (C=N–C) groups is 1. The van der Waals surface area contributed by atoms with E-state index in [1.165, 1.54) is 13.1 Å². The molecule has 0 saturated carbocycles. The van der Waals surface area contributed by atoms with Gasteiger partial charge in [0.15, 0.2) is 5.96 Å². The third kappa shape index (κ3) is 6.21. The van der Waals surface area contributed by atoms with Crippen molar-refractivity contribution < 1.29 is 9.53 Å². The normalized spacial score (nSPS) is 30.6. The summed E-state index contributed by atoms with van der Waals surface area (Å²) in [5.41, 5.74) is 0. The maximum Gasteiger partial charge on any atom is 0.243 e. The zero-order valence-corrected chi connectivity index (χ0v) is 18.3. The highest BCUT2D eigenvalue weighted by Gasteiger charge is 2.31. The number of rotatable bonds is 6. The summed E-state index contributed by atoms with van der Waals surface area (Å²) in [7, 11) is 3.52. The largest absolute Gasteiger partial charge is 0.381 e. The van der Waals surface area contributed by atoms with Gasteiger partial charge < -0.3 is 20.3 Å². The zero-order chi connectivity index (χ0) is 17.6. The highest BCUT2D eigenvalue weighted by Crippen LogP contribution is 2.14. The lowest BCUT2D eigenvalue weighted by atomic mass is 10.1. The van der Waals surface area contributed by atoms with Gasteiger partial charge in [-0.05, 0) is 6.42 Å². The average Bonchev–Trinajstić information content (AvgIpc) is 3.15. The minimum atomic E-state index is 0. The molecule has 4 aliphatic rings. The van der Waals surface area contributed by atoms with E-state index in [0.29, 0.717) is 12.0 Å². The van der Waals surface area contributed by atoms with Gasteiger partial charge >= 0.3 is 0 Å². The van der Waals surface area contributed by atoms with Crippen molar-refractivity contribution in [1.82, 2.24) is 25.3 Å². The van der Waals surface area contributed by atoms with Crippen molar-refractivity contribution in [3.8, 4) is 0 Å². The molecule has 8 nitrogen and oxygen atoms in total. The number of hydrogen-bond acceptors (Lipinski definition) is 5. The van der Waals surface area contributed by atoms with Gasteiger partial charge in [0.05, 0.1) is 6.61 Å². The van der Waals surface area contributed by atoms with E-state index < -0.39 is 0 Å². The summed E-state index contributed by atoms with van der Waals surface area (Å²) < 4.78 is 5.43. The van der Waals surface area contributed by atoms with Crippen molar-refractivity contribution in [2.45, 2.75) is 12.5 Å². The Kier molecular flexibility index (Phi) is 8.85. The molecule has 4 heterocycles. The first-order valence-electron chi connectivity index (χ1n) is 9.38. The quantitative estimate of drug-likeness (QED) is 0.297. The van der Waals surface area contributed by atoms with Gasteiger partial charge in [-0.25, -0.2) is 4.99 Å². The van der Waals surface area contributed by atoms with Crippen LogP contribution in [-0.4, -0.2) is 112 Å². The van der Waals surface area contributed by atoms with Gasteiger partial charge in [-0.3, -0.25) is 14.6 Å². The molecule has 4 fully saturated rings. The van der Waals surface area contributed by atoms with Crippen molar-refractivity contribution in [2.75, 3.05) is 79.7 Å². The number of amides is 1. The van der Waals surface area contributed by atoms with Crippen molar-refractivity contribution in [3.05, 3.63) is 0 Å². The van der Waals surface area contributed by atoms with Gasteiger partial charge in [0.2, 0.25) is 5.91 Å². The Hall–Kier alpha value is -0.650. The Balaban J connectivity index is 0.00000243. The summed E-state index contributed by atoms with van der Waals surface area (Å²) in [5.74, 6) is 1.27. The van der Waals surface area contributed by atoms with Crippen LogP contribution in [0.1, 0.15) is 6.42 Å². The lowest BCUT2D eigenvalue weighted by Crippen LogP contribution is -2.64. The molecule has 0 spiro atoms. The van der Waals surface area contributed by atoms with Gasteiger partial charge in [0.25, 0.3) is 0 Å². The molecule has 26 heavy (non-hydrogen) atoms. The first kappa shape index (κ1) is 21.6. The molecule has 2 atom stereocenters. The number of nitrogens with one attached hydrogen (secondary N) is 2. The van der Waals surface area contributed by atoms with Crippen molar-refractivity contribution >= 4 is 35.8 Å². The van der Waals surface area contributed by atoms with E-state index in [1.54, 1.807) is 19.0 Å². The molecule has 0 aromatic carbocycles. The maximum absolute atomic E-state index is 11.8. The average molecular weight is 480 g/mol. The Bertz CT molecular complexity index is 476. The molecule has 2 bridgehead atoms. The molecular formula is C17H33IN6O2. The molecule has 1 amide bonds. The van der Waals surface area contributed by atoms with Gasteiger partial charge in [0.1, 0.15) is 6.54 Å². The van der Waals surface area contributed by atoms with Crippen LogP contribution in [0.2, 0.25) is 0 Å². The summed E-state index contributed by atoms with van der Waals surface area (Å²) in [4.78, 5) is 23.0. The van der Waals surface area contributed by atoms with Crippen molar-refractivity contribution in [1.29, 1.82) is 0 Å². The first-order chi connectivity index (χ1) is 12.1. The number of halogens is 1. The second-order valence-electron chi connectivity index (χ2n) is 7.43. The van der Waals surface area contributed by atoms with Crippen molar-refractivity contribution in [3.63, 3.8) is 0 Å². The third-order valence-corrected chi connectivity index (χ3v) is 5.35. The van der Waals surface area contributed by atoms with Crippen LogP contribution in [0.15, 0.2) is 4.99 Å². The highest BCUT2D eigenvalue weighted by atomic mass is 127. The molecule has 4 aliphatic heterocycles. The second-order valence-corrected chi connectivity index (χ2v) is 7.43. The molecule has 9 heteroatoms. The fourth-order valence-corrected chi connectivity index (χ4v) is 3.58. The van der Waals surface area contributed by atoms with E-state index in [4.69, 9.17) is 4.74 Å². The van der Waals surface area contributed by atoms with Crippen LogP contribution in [0.4, 0.5) is 0 Å². The van der Waals surface area contributed by atoms with E-state index in [1.807, 2.05) is 0 Å². The lowest BCUT2D eigenvalue weighted by molar-refractivity contribution is -0.127. The number of hydrogen-bond donors (Lipinski definition) is 2. The van der Waals surface area contributed by atoms with Crippen LogP contribution in [0, 0.1) is 5.92 Å². The fraction of sp³-hybridized carbons (Fsp3) is 0.882. The molecule has 4 rings (SSSR count). The van der Waals surface area contributed by atoms with E-state index in [9.17, 15) is 4.79 Å². The third-order valence-electron chi connectivity index (χ3n) is 5.35. The first-order valence-corrected chi connectivity index (χ1v) is 9.38. The molecular weight excluding hydrogens is 447 g/mol. The number of fused-ring (bicyclic) bond motifs is 3. The van der Waals surface area contributed by atoms with Gasteiger partial charge in [0, 0.05) is 78.5 Å². The van der Waals surface area contributed by atoms with E-state index in [-0.39, 0.29) is 36.4 Å². The molecule has 0 aromatic heterocycles. The lowest BCUT2D eigenvalue weighted by Gasteiger charge is -2.47. The standard InChI is InChI=1S/C17H32N6O2.HI/c1-21(2)16(24)11-20-17(18-9-14-3-8-25-13-14)19-10-15-12-22-4-6-23(15)7-5-22;/h14-15H,3-13H2,1-2H3,(H2,18,19,20);1H. The summed E-state index contributed by atoms with van der Waals surface area (Å²) in [6.45, 7) is 9.33. The van der Waals surface area contributed by atoms with Crippen LogP contribution in [0.3, 0.4) is 0 Å². The summed E-state index contributed by atoms with van der Waals surface area (Å²) in [6, 6.07) is 0.522. The number of carbonyl (C=O) groups is 1. The molecule has 150 valence electrons. The number of nitrogens with zero attached hydrogens (tertiary/aromatic N) is 4. The molecule has 0 aliphatic carbocycles. The van der Waals surface area contributed by atoms with Crippen LogP contribution in [-0.2, 0) is 9.53 Å². The molecule has 4 saturated heterocycles. The second kappa shape index (κ2) is 10.6. The zero-order valence-electron chi connectivity index (χ0n) is 15.9. The Morgan fingerprint density at radius 1 is 1.19 bits per heavy atom. The van der Waals surface area contributed by atoms with Crippen molar-refractivity contribution in [2.24, 2.45) is 10.9 Å². The Morgan fingerprint density at radius 3 is 2.50 bits per heavy atom. The smallest absolute Gasteiger partial charge is 0.243 e. The molecule has 0 radical (unpaired) electrons. The Morgan fingerprint density at radius 2 is 1.92 bits per heavy atom. The number of piperazine rings is 3. The number of ether oxygens (including phenoxy) is 1. The molecule has 2 unspecified atom stereocenters. The van der Waals surface area contributed by atoms with Gasteiger partial charge in [-0.2, -0.15) is 0 Å². The molecule has 0 aromatic rings. The maximum atomic E-state index is 11.8. The van der Waals surface area contributed by atoms with Gasteiger partial charge in [-0.1, -0.05) is 0 Å². The van der Waals surface area contributed by atoms with E-state index in [2.05, 4.69) is 25.4 Å². The highest BCUT2D eigenvalue weighted by molar-refractivity contribution is 14.0. The van der Waals surface area contributed by atoms with Crippen LogP contribution < -0.4 is 10.6 Å². The minimum absolute atomic E-state index is 0. The fourth-order valence-electron chi connectivity index (χ4n) is 3.58. The summed E-state index contributed by atoms with van der Waals surface area (Å²) >= 11 is 0. The number of carbonyl (C=O) groups excluding carboxylic acids is 1.